The molecule has 1 atom stereocenters. The molecular weight excluding hydrogens is 212 g/mol. The highest BCUT2D eigenvalue weighted by molar-refractivity contribution is 5.08. The van der Waals surface area contributed by atoms with Gasteiger partial charge in [0.2, 0.25) is 0 Å². The Bertz CT molecular complexity index is 306. The molecule has 0 saturated heterocycles. The Morgan fingerprint density at radius 1 is 1.29 bits per heavy atom. The van der Waals surface area contributed by atoms with E-state index in [-0.39, 0.29) is 0 Å². The Morgan fingerprint density at radius 3 is 2.71 bits per heavy atom. The summed E-state index contributed by atoms with van der Waals surface area (Å²) in [4.78, 5) is 0. The van der Waals surface area contributed by atoms with Crippen LogP contribution in [0.25, 0.3) is 0 Å². The van der Waals surface area contributed by atoms with E-state index in [0.29, 0.717) is 12.1 Å². The molecule has 0 amide bonds. The fourth-order valence-corrected chi connectivity index (χ4v) is 1.65. The van der Waals surface area contributed by atoms with Crippen molar-refractivity contribution in [1.82, 2.24) is 20.8 Å². The maximum atomic E-state index is 4.28. The third kappa shape index (κ3) is 5.84. The van der Waals surface area contributed by atoms with Gasteiger partial charge in [-0.1, -0.05) is 27.2 Å². The van der Waals surface area contributed by atoms with Crippen molar-refractivity contribution in [3.63, 3.8) is 0 Å². The summed E-state index contributed by atoms with van der Waals surface area (Å²) in [6, 6.07) is 3.16. The molecule has 0 spiro atoms. The molecule has 4 heteroatoms. The minimum atomic E-state index is 0.468. The highest BCUT2D eigenvalue weighted by atomic mass is 15.1. The first kappa shape index (κ1) is 14.2. The van der Waals surface area contributed by atoms with Crippen LogP contribution in [0.4, 0.5) is 0 Å². The first-order chi connectivity index (χ1) is 8.11. The molecule has 0 aliphatic carbocycles. The first-order valence-electron chi connectivity index (χ1n) is 6.61. The fourth-order valence-electron chi connectivity index (χ4n) is 1.65. The van der Waals surface area contributed by atoms with Crippen LogP contribution in [0.2, 0.25) is 0 Å². The van der Waals surface area contributed by atoms with Gasteiger partial charge in [-0.3, -0.25) is 5.10 Å². The molecule has 1 rings (SSSR count). The third-order valence-corrected chi connectivity index (χ3v) is 2.66. The summed E-state index contributed by atoms with van der Waals surface area (Å²) >= 11 is 0. The Balaban J connectivity index is 2.24. The molecule has 17 heavy (non-hydrogen) atoms. The van der Waals surface area contributed by atoms with Gasteiger partial charge in [0.15, 0.2) is 0 Å². The van der Waals surface area contributed by atoms with Crippen molar-refractivity contribution in [3.05, 3.63) is 17.5 Å². The SMILES string of the molecule is CCCc1cc(CNC(C)CNC(C)C)[nH]n1. The molecular formula is C13H26N4. The van der Waals surface area contributed by atoms with Crippen molar-refractivity contribution in [1.29, 1.82) is 0 Å². The molecule has 0 aliphatic rings. The van der Waals surface area contributed by atoms with Crippen molar-refractivity contribution < 1.29 is 0 Å². The largest absolute Gasteiger partial charge is 0.313 e. The number of H-pyrrole nitrogens is 1. The fraction of sp³-hybridized carbons (Fsp3) is 0.769. The molecule has 0 aromatic carbocycles. The average molecular weight is 238 g/mol. The zero-order valence-corrected chi connectivity index (χ0v) is 11.5. The van der Waals surface area contributed by atoms with Crippen LogP contribution in [0.3, 0.4) is 0 Å². The van der Waals surface area contributed by atoms with E-state index >= 15 is 0 Å². The van der Waals surface area contributed by atoms with E-state index in [0.717, 1.165) is 31.6 Å². The maximum Gasteiger partial charge on any atom is 0.0625 e. The van der Waals surface area contributed by atoms with E-state index < -0.39 is 0 Å². The third-order valence-electron chi connectivity index (χ3n) is 2.66. The average Bonchev–Trinajstić information content (AvgIpc) is 2.72. The lowest BCUT2D eigenvalue weighted by Gasteiger charge is -2.15. The van der Waals surface area contributed by atoms with Gasteiger partial charge in [0.05, 0.1) is 5.69 Å². The molecule has 0 radical (unpaired) electrons. The highest BCUT2D eigenvalue weighted by Crippen LogP contribution is 2.02. The van der Waals surface area contributed by atoms with E-state index in [1.165, 1.54) is 5.69 Å². The second-order valence-electron chi connectivity index (χ2n) is 4.98. The second-order valence-corrected chi connectivity index (χ2v) is 4.98. The Hall–Kier alpha value is -0.870. The molecule has 4 nitrogen and oxygen atoms in total. The summed E-state index contributed by atoms with van der Waals surface area (Å²) in [5.41, 5.74) is 2.34. The number of nitrogens with one attached hydrogen (secondary N) is 3. The Labute approximate surface area is 105 Å². The number of rotatable bonds is 8. The first-order valence-corrected chi connectivity index (χ1v) is 6.61. The predicted octanol–water partition coefficient (Wildman–Crippen LogP) is 1.84. The molecule has 1 aromatic heterocycles. The van der Waals surface area contributed by atoms with Crippen molar-refractivity contribution in [2.75, 3.05) is 6.54 Å². The lowest BCUT2D eigenvalue weighted by Crippen LogP contribution is -2.38. The van der Waals surface area contributed by atoms with Crippen LogP contribution >= 0.6 is 0 Å². The molecule has 1 heterocycles. The summed E-state index contributed by atoms with van der Waals surface area (Å²) in [7, 11) is 0. The predicted molar refractivity (Wildman–Crippen MR) is 72.0 cm³/mol. The maximum absolute atomic E-state index is 4.28. The zero-order valence-electron chi connectivity index (χ0n) is 11.5. The lowest BCUT2D eigenvalue weighted by atomic mass is 10.2. The second kappa shape index (κ2) is 7.45. The summed E-state index contributed by atoms with van der Waals surface area (Å²) in [6.45, 7) is 10.5. The van der Waals surface area contributed by atoms with Crippen LogP contribution in [-0.4, -0.2) is 28.8 Å². The highest BCUT2D eigenvalue weighted by Gasteiger charge is 2.04. The molecule has 0 bridgehead atoms. The standard InChI is InChI=1S/C13H26N4/c1-5-6-12-7-13(17-16-12)9-15-11(4)8-14-10(2)3/h7,10-11,14-15H,5-6,8-9H2,1-4H3,(H,16,17). The quantitative estimate of drug-likeness (QED) is 0.648. The number of nitrogens with zero attached hydrogens (tertiary/aromatic N) is 1. The Kier molecular flexibility index (Phi) is 6.22. The number of hydrogen-bond acceptors (Lipinski definition) is 3. The lowest BCUT2D eigenvalue weighted by molar-refractivity contribution is 0.471. The van der Waals surface area contributed by atoms with E-state index in [1.807, 2.05) is 0 Å². The summed E-state index contributed by atoms with van der Waals surface area (Å²) in [6.07, 6.45) is 2.20. The summed E-state index contributed by atoms with van der Waals surface area (Å²) in [5, 5.41) is 14.3. The number of aromatic nitrogens is 2. The monoisotopic (exact) mass is 238 g/mol. The molecule has 98 valence electrons. The van der Waals surface area contributed by atoms with Crippen LogP contribution < -0.4 is 10.6 Å². The van der Waals surface area contributed by atoms with Gasteiger partial charge in [0.25, 0.3) is 0 Å². The van der Waals surface area contributed by atoms with Crippen molar-refractivity contribution >= 4 is 0 Å². The molecule has 3 N–H and O–H groups in total. The van der Waals surface area contributed by atoms with Gasteiger partial charge in [-0.25, -0.2) is 0 Å². The van der Waals surface area contributed by atoms with Crippen LogP contribution in [0.1, 0.15) is 45.5 Å². The minimum Gasteiger partial charge on any atom is -0.313 e. The Morgan fingerprint density at radius 2 is 2.06 bits per heavy atom. The van der Waals surface area contributed by atoms with Gasteiger partial charge in [0.1, 0.15) is 0 Å². The smallest absolute Gasteiger partial charge is 0.0625 e. The van der Waals surface area contributed by atoms with Crippen molar-refractivity contribution in [3.8, 4) is 0 Å². The zero-order chi connectivity index (χ0) is 12.7. The van der Waals surface area contributed by atoms with Crippen LogP contribution in [0.5, 0.6) is 0 Å². The van der Waals surface area contributed by atoms with E-state index in [9.17, 15) is 0 Å². The van der Waals surface area contributed by atoms with E-state index in [4.69, 9.17) is 0 Å². The van der Waals surface area contributed by atoms with Gasteiger partial charge in [-0.05, 0) is 19.4 Å². The van der Waals surface area contributed by atoms with Crippen LogP contribution in [0.15, 0.2) is 6.07 Å². The summed E-state index contributed by atoms with van der Waals surface area (Å²) in [5.74, 6) is 0. The number of hydrogen-bond donors (Lipinski definition) is 3. The van der Waals surface area contributed by atoms with Gasteiger partial charge in [-0.2, -0.15) is 5.10 Å². The number of aryl methyl sites for hydroxylation is 1. The van der Waals surface area contributed by atoms with Gasteiger partial charge in [0, 0.05) is 30.9 Å². The van der Waals surface area contributed by atoms with Gasteiger partial charge >= 0.3 is 0 Å². The normalized spacial score (nSPS) is 13.2. The molecule has 0 fully saturated rings. The molecule has 0 aliphatic heterocycles. The molecule has 1 aromatic rings. The molecule has 0 saturated carbocycles. The van der Waals surface area contributed by atoms with E-state index in [1.54, 1.807) is 0 Å². The topological polar surface area (TPSA) is 52.7 Å². The van der Waals surface area contributed by atoms with Crippen LogP contribution in [-0.2, 0) is 13.0 Å². The summed E-state index contributed by atoms with van der Waals surface area (Å²) < 4.78 is 0. The minimum absolute atomic E-state index is 0.468. The van der Waals surface area contributed by atoms with Crippen LogP contribution in [0, 0.1) is 0 Å². The van der Waals surface area contributed by atoms with Gasteiger partial charge < -0.3 is 10.6 Å². The number of aromatic amines is 1. The molecule has 1 unspecified atom stereocenters. The van der Waals surface area contributed by atoms with E-state index in [2.05, 4.69) is 54.6 Å². The van der Waals surface area contributed by atoms with Gasteiger partial charge in [-0.15, -0.1) is 0 Å². The van der Waals surface area contributed by atoms with Crippen molar-refractivity contribution in [2.24, 2.45) is 0 Å². The van der Waals surface area contributed by atoms with Crippen molar-refractivity contribution in [2.45, 2.75) is 59.2 Å².